The van der Waals surface area contributed by atoms with Gasteiger partial charge < -0.3 is 0 Å². The first-order chi connectivity index (χ1) is 35.0. The molecule has 0 saturated heterocycles. The zero-order valence-electron chi connectivity index (χ0n) is 33.5. The summed E-state index contributed by atoms with van der Waals surface area (Å²) >= 11 is 9.60. The van der Waals surface area contributed by atoms with Crippen molar-refractivity contribution in [2.24, 2.45) is 0 Å². The molecule has 2 fully saturated rings. The molecule has 3 aliphatic rings. The average Bonchev–Trinajstić information content (AvgIpc) is 3.84. The predicted molar refractivity (Wildman–Crippen MR) is 412 cm³/mol. The Hall–Kier alpha value is 4.99. The lowest BCUT2D eigenvalue weighted by molar-refractivity contribution is -0.120. The summed E-state index contributed by atoms with van der Waals surface area (Å²) in [6.07, 6.45) is 1.71. The summed E-state index contributed by atoms with van der Waals surface area (Å²) in [5.74, 6) is 0.514. The van der Waals surface area contributed by atoms with E-state index in [0.717, 1.165) is 44.4 Å². The van der Waals surface area contributed by atoms with Crippen molar-refractivity contribution in [3.63, 3.8) is 0 Å². The Labute approximate surface area is 525 Å². The number of benzene rings is 3. The highest BCUT2D eigenvalue weighted by molar-refractivity contribution is 8.81. The molecule has 0 atom stereocenters. The third kappa shape index (κ3) is 21.6. The number of fused-ring (bicyclic) bond motifs is 4. The minimum Gasteiger partial charge on any atom is -0.300 e. The molecule has 0 radical (unpaired) electrons. The number of aromatic nitrogens is 1. The molecule has 0 N–H and O–H groups in total. The number of pyridine rings is 1. The molecule has 7 rings (SSSR count). The smallest absolute Gasteiger partial charge is 0.134 e. The van der Waals surface area contributed by atoms with Gasteiger partial charge in [0.15, 0.2) is 0 Å². The van der Waals surface area contributed by atoms with Gasteiger partial charge in [0, 0.05) is 398 Å². The van der Waals surface area contributed by atoms with Crippen molar-refractivity contribution in [1.82, 2.24) is 4.98 Å². The molecule has 2 saturated carbocycles. The van der Waals surface area contributed by atoms with Crippen LogP contribution in [0.25, 0.3) is 33.3 Å². The molecule has 0 aliphatic heterocycles. The van der Waals surface area contributed by atoms with Crippen LogP contribution in [0.2, 0.25) is 0 Å². The Morgan fingerprint density at radius 1 is 0.366 bits per heavy atom. The van der Waals surface area contributed by atoms with E-state index in [1.165, 1.54) is 17.8 Å². The second kappa shape index (κ2) is 39.5. The Kier molecular flexibility index (Phi) is 36.2. The molecular formula is C29H21NO2S39. The summed E-state index contributed by atoms with van der Waals surface area (Å²) in [4.78, 5) is 31.4. The third-order valence-electron chi connectivity index (χ3n) is 9.04. The van der Waals surface area contributed by atoms with E-state index in [2.05, 4.69) is 48.5 Å². The van der Waals surface area contributed by atoms with Crippen molar-refractivity contribution >= 4 is 373 Å². The molecule has 388 valence electrons. The lowest BCUT2D eigenvalue weighted by Gasteiger charge is -2.46. The number of ketones is 2. The van der Waals surface area contributed by atoms with Crippen LogP contribution in [0.4, 0.5) is 0 Å². The van der Waals surface area contributed by atoms with Gasteiger partial charge in [0.25, 0.3) is 0 Å². The molecular weight excluding hydrogens is 1640 g/mol. The number of carbonyl (C=O) groups is 2. The number of carbonyl (C=O) groups excluding carboxylic acids is 2. The minimum atomic E-state index is -0.521. The van der Waals surface area contributed by atoms with Gasteiger partial charge in [-0.2, -0.15) is 0 Å². The summed E-state index contributed by atoms with van der Waals surface area (Å²) in [5, 5.41) is 1.08. The third-order valence-corrected chi connectivity index (χ3v) is 89.0. The largest absolute Gasteiger partial charge is 0.300 e. The Morgan fingerprint density at radius 3 is 1.08 bits per heavy atom. The molecule has 3 aliphatic carbocycles. The molecule has 0 unspecified atom stereocenters. The maximum atomic E-state index is 13.1. The summed E-state index contributed by atoms with van der Waals surface area (Å²) in [5.41, 5.74) is 6.47. The summed E-state index contributed by atoms with van der Waals surface area (Å²) in [6.45, 7) is 0. The summed E-state index contributed by atoms with van der Waals surface area (Å²) in [6, 6.07) is 27.0. The fourth-order valence-electron chi connectivity index (χ4n) is 7.42. The number of hydrogen-bond donors (Lipinski definition) is 0. The molecule has 42 heteroatoms. The highest BCUT2D eigenvalue weighted by Gasteiger charge is 2.68. The first kappa shape index (κ1) is 65.1. The maximum absolute atomic E-state index is 13.1. The van der Waals surface area contributed by atoms with Crippen LogP contribution in [0.15, 0.2) is 78.9 Å². The van der Waals surface area contributed by atoms with Gasteiger partial charge in [-0.15, -0.1) is 0 Å². The molecule has 1 heterocycles. The van der Waals surface area contributed by atoms with Crippen molar-refractivity contribution < 1.29 is 9.59 Å². The molecule has 0 bridgehead atoms. The van der Waals surface area contributed by atoms with Gasteiger partial charge >= 0.3 is 0 Å². The zero-order chi connectivity index (χ0) is 49.7. The first-order valence-electron chi connectivity index (χ1n) is 17.6. The van der Waals surface area contributed by atoms with Crippen molar-refractivity contribution in [1.29, 1.82) is 0 Å². The molecule has 1 aromatic heterocycles. The van der Waals surface area contributed by atoms with Crippen LogP contribution >= 0.6 is 0 Å². The van der Waals surface area contributed by atoms with E-state index < -0.39 is 10.8 Å². The van der Waals surface area contributed by atoms with Crippen LogP contribution in [-0.2, 0) is 371 Å². The monoisotopic (exact) mass is 1660 g/mol. The minimum absolute atomic E-state index is 0.257. The van der Waals surface area contributed by atoms with Crippen LogP contribution in [0, 0.1) is 0 Å². The van der Waals surface area contributed by atoms with E-state index >= 15 is 0 Å². The van der Waals surface area contributed by atoms with Crippen molar-refractivity contribution in [2.75, 3.05) is 0 Å². The fourth-order valence-corrected chi connectivity index (χ4v) is 103. The van der Waals surface area contributed by atoms with Crippen molar-refractivity contribution in [3.05, 3.63) is 90.0 Å². The molecule has 0 amide bonds. The highest BCUT2D eigenvalue weighted by Crippen LogP contribution is 2.68. The fraction of sp³-hybridized carbons (Fsp3) is 0.207. The van der Waals surface area contributed by atoms with Gasteiger partial charge in [-0.1, -0.05) is 72.8 Å². The Bertz CT molecular complexity index is 4420. The second-order valence-electron chi connectivity index (χ2n) is 12.1. The molecule has 3 nitrogen and oxygen atoms in total. The predicted octanol–water partition coefficient (Wildman–Crippen LogP) is 5.69. The number of hydrogen-bond acceptors (Lipinski definition) is 5. The van der Waals surface area contributed by atoms with Gasteiger partial charge in [-0.05, 0) is 28.3 Å². The average molecular weight is 1670 g/mol. The lowest BCUT2D eigenvalue weighted by atomic mass is 9.55. The van der Waals surface area contributed by atoms with Crippen molar-refractivity contribution in [3.8, 4) is 22.4 Å². The number of rotatable bonds is 1. The molecule has 3 aromatic carbocycles. The van der Waals surface area contributed by atoms with Gasteiger partial charge in [0.2, 0.25) is 0 Å². The van der Waals surface area contributed by atoms with Gasteiger partial charge in [-0.25, -0.2) is 4.98 Å². The van der Waals surface area contributed by atoms with Gasteiger partial charge in [0.1, 0.15) is 11.6 Å². The van der Waals surface area contributed by atoms with E-state index in [1.54, 1.807) is 107 Å². The Morgan fingerprint density at radius 2 is 0.690 bits per heavy atom. The van der Waals surface area contributed by atoms with Crippen LogP contribution in [0.5, 0.6) is 0 Å². The molecule has 71 heavy (non-hydrogen) atoms. The topological polar surface area (TPSA) is 47.0 Å². The van der Waals surface area contributed by atoms with Crippen LogP contribution in [0.1, 0.15) is 36.8 Å². The first-order valence-corrected chi connectivity index (χ1v) is 68.2. The summed E-state index contributed by atoms with van der Waals surface area (Å²) in [7, 11) is 65.6. The van der Waals surface area contributed by atoms with Crippen LogP contribution < -0.4 is 0 Å². The lowest BCUT2D eigenvalue weighted by Crippen LogP contribution is -2.44. The van der Waals surface area contributed by atoms with Gasteiger partial charge in [-0.3, -0.25) is 9.59 Å². The highest BCUT2D eigenvalue weighted by atomic mass is 33.5. The summed E-state index contributed by atoms with van der Waals surface area (Å²) < 4.78 is 0. The SMILES string of the molecule is O=C1CC23CC(=O)CC2(C1)c1c(nc2ccccc2c1-c1ccccc1)-c1ccccc13.S=S=S=S=S=S=S=S=S=S=S=S=S=S=S=S=S=S=S=S=S=S=S=S=S=S=S=S=S=S=S=S=S=S=S=S=S=S=S. The number of Topliss-reactive ketones (excluding diaryl/α,β-unsaturated/α-hetero) is 2. The van der Waals surface area contributed by atoms with Crippen LogP contribution in [0.3, 0.4) is 0 Å². The standard InChI is InChI=1S/C29H21NO2.S39/c31-19-14-28-15-20(32)17-29(28,16-19)26-25(18-8-2-1-3-9-18)22-11-5-7-13-24(22)30-27(26)21-10-4-6-12-23(21)28;1-3-5-7-9-11-13-15-17-19-21-23-25-27-29-31-33-35-37-39-38-36-34-32-30-28-26-24-22-20-18-16-14-12-10-8-6-4-2/h1-13H,14-17H2;. The maximum Gasteiger partial charge on any atom is 0.134 e. The van der Waals surface area contributed by atoms with E-state index in [4.69, 9.17) is 27.4 Å². The van der Waals surface area contributed by atoms with E-state index in [9.17, 15) is 9.59 Å². The van der Waals surface area contributed by atoms with Gasteiger partial charge in [0.05, 0.1) is 11.2 Å². The second-order valence-corrected chi connectivity index (χ2v) is 77.6. The molecule has 0 spiro atoms. The van der Waals surface area contributed by atoms with E-state index in [1.807, 2.05) is 235 Å². The Balaban J connectivity index is 0.000000235. The quantitative estimate of drug-likeness (QED) is 0.246. The molecule has 4 aromatic rings. The van der Waals surface area contributed by atoms with E-state index in [0.29, 0.717) is 25.7 Å². The van der Waals surface area contributed by atoms with E-state index in [-0.39, 0.29) is 11.6 Å². The number of nitrogens with zero attached hydrogens (tertiary/aromatic N) is 1. The van der Waals surface area contributed by atoms with Crippen molar-refractivity contribution in [2.45, 2.75) is 36.5 Å². The normalized spacial score (nSPS) is 15.7. The zero-order valence-corrected chi connectivity index (χ0v) is 65.4. The number of para-hydroxylation sites is 1. The van der Waals surface area contributed by atoms with Crippen LogP contribution in [-0.4, -0.2) is 16.6 Å².